The molecule has 0 N–H and O–H groups in total. The Morgan fingerprint density at radius 3 is 0.891 bits per heavy atom. The molecule has 0 amide bonds. The van der Waals surface area contributed by atoms with Crippen LogP contribution in [0.25, 0.3) is 50.1 Å². The van der Waals surface area contributed by atoms with Crippen molar-refractivity contribution in [1.82, 2.24) is 0 Å². The molecule has 0 bridgehead atoms. The van der Waals surface area contributed by atoms with E-state index in [1.165, 1.54) is 50.1 Å². The standard InChI is InChI=1S/C49H38N2.C13H14/c1-50(45-27-17-40(18-28-45)37-11-5-2-6-12-37)46-29-19-43(20-30-46)44-25-35-49(36-26-44)51(47-31-21-41(22-32-47)38-13-7-3-8-14-38)48-33-23-42(24-34-48)39-15-9-4-10-16-39;1-3-4-6-9-12(2)13-10-7-5-8-11-13/h2-36H,1H3;3-11H,2H2,1H3/b;4-3-,9-6-. The van der Waals surface area contributed by atoms with Crippen LogP contribution in [0.5, 0.6) is 0 Å². The van der Waals surface area contributed by atoms with Gasteiger partial charge >= 0.3 is 0 Å². The number of allylic oxidation sites excluding steroid dienone is 5. The van der Waals surface area contributed by atoms with Gasteiger partial charge in [-0.25, -0.2) is 0 Å². The Hall–Kier alpha value is -8.20. The number of hydrogen-bond acceptors (Lipinski definition) is 2. The third kappa shape index (κ3) is 10.6. The Bertz CT molecular complexity index is 2800. The smallest absolute Gasteiger partial charge is 0.0462 e. The summed E-state index contributed by atoms with van der Waals surface area (Å²) in [5.41, 5.74) is 17.5. The average Bonchev–Trinajstić information content (AvgIpc) is 3.38. The van der Waals surface area contributed by atoms with Crippen LogP contribution in [-0.2, 0) is 0 Å². The van der Waals surface area contributed by atoms with E-state index in [2.05, 4.69) is 248 Å². The fourth-order valence-corrected chi connectivity index (χ4v) is 7.68. The number of benzene rings is 9. The van der Waals surface area contributed by atoms with Crippen LogP contribution in [0.4, 0.5) is 28.4 Å². The van der Waals surface area contributed by atoms with Gasteiger partial charge in [0.05, 0.1) is 0 Å². The van der Waals surface area contributed by atoms with Crippen molar-refractivity contribution >= 4 is 34.0 Å². The van der Waals surface area contributed by atoms with Gasteiger partial charge in [0.15, 0.2) is 0 Å². The predicted octanol–water partition coefficient (Wildman–Crippen LogP) is 17.4. The third-order valence-electron chi connectivity index (χ3n) is 11.3. The lowest BCUT2D eigenvalue weighted by Crippen LogP contribution is -2.10. The minimum absolute atomic E-state index is 1.04. The summed E-state index contributed by atoms with van der Waals surface area (Å²) in [5, 5.41) is 0. The molecule has 9 aromatic carbocycles. The van der Waals surface area contributed by atoms with E-state index in [9.17, 15) is 0 Å². The molecule has 2 nitrogen and oxygen atoms in total. The SMILES string of the molecule is C=C(/C=C\C=C/C)c1ccccc1.CN(c1ccc(-c2ccccc2)cc1)c1ccc(-c2ccc(N(c3ccc(-c4ccccc4)cc3)c3ccc(-c4ccccc4)cc3)cc2)cc1. The summed E-state index contributed by atoms with van der Waals surface area (Å²) in [6.45, 7) is 5.97. The Balaban J connectivity index is 0.000000372. The van der Waals surface area contributed by atoms with Gasteiger partial charge in [0, 0.05) is 35.5 Å². The summed E-state index contributed by atoms with van der Waals surface area (Å²) >= 11 is 0. The number of anilines is 5. The van der Waals surface area contributed by atoms with Crippen molar-refractivity contribution in [3.8, 4) is 44.5 Å². The van der Waals surface area contributed by atoms with Gasteiger partial charge in [-0.15, -0.1) is 0 Å². The number of nitrogens with zero attached hydrogens (tertiary/aromatic N) is 2. The van der Waals surface area contributed by atoms with Crippen LogP contribution >= 0.6 is 0 Å². The van der Waals surface area contributed by atoms with Gasteiger partial charge in [0.25, 0.3) is 0 Å². The first kappa shape index (κ1) is 42.5. The van der Waals surface area contributed by atoms with Crippen molar-refractivity contribution in [2.45, 2.75) is 6.92 Å². The second-order valence-electron chi connectivity index (χ2n) is 15.5. The molecule has 0 fully saturated rings. The van der Waals surface area contributed by atoms with Crippen molar-refractivity contribution in [3.05, 3.63) is 279 Å². The Kier molecular flexibility index (Phi) is 14.0. The fraction of sp³-hybridized carbons (Fsp3) is 0.0323. The van der Waals surface area contributed by atoms with E-state index in [1.807, 2.05) is 49.4 Å². The van der Waals surface area contributed by atoms with E-state index in [4.69, 9.17) is 0 Å². The lowest BCUT2D eigenvalue weighted by Gasteiger charge is -2.26. The molecule has 9 rings (SSSR count). The zero-order valence-electron chi connectivity index (χ0n) is 36.5. The first-order valence-corrected chi connectivity index (χ1v) is 21.8. The van der Waals surface area contributed by atoms with Crippen LogP contribution in [0.2, 0.25) is 0 Å². The van der Waals surface area contributed by atoms with Crippen molar-refractivity contribution < 1.29 is 0 Å². The highest BCUT2D eigenvalue weighted by atomic mass is 15.1. The van der Waals surface area contributed by atoms with Crippen LogP contribution in [-0.4, -0.2) is 7.05 Å². The van der Waals surface area contributed by atoms with Crippen LogP contribution in [0, 0.1) is 0 Å². The Morgan fingerprint density at radius 2 is 0.594 bits per heavy atom. The molecular formula is C62H52N2. The molecule has 2 heteroatoms. The highest BCUT2D eigenvalue weighted by Gasteiger charge is 2.14. The van der Waals surface area contributed by atoms with Gasteiger partial charge in [0.1, 0.15) is 0 Å². The highest BCUT2D eigenvalue weighted by Crippen LogP contribution is 2.38. The fourth-order valence-electron chi connectivity index (χ4n) is 7.68. The first-order valence-electron chi connectivity index (χ1n) is 21.8. The van der Waals surface area contributed by atoms with E-state index < -0.39 is 0 Å². The molecule has 0 aliphatic heterocycles. The lowest BCUT2D eigenvalue weighted by molar-refractivity contribution is 1.21. The van der Waals surface area contributed by atoms with Gasteiger partial charge in [-0.3, -0.25) is 0 Å². The molecule has 310 valence electrons. The summed E-state index contributed by atoms with van der Waals surface area (Å²) in [5.74, 6) is 0. The van der Waals surface area contributed by atoms with Crippen LogP contribution in [0.1, 0.15) is 12.5 Å². The summed E-state index contributed by atoms with van der Waals surface area (Å²) in [6, 6.07) is 85.9. The first-order chi connectivity index (χ1) is 31.5. The highest BCUT2D eigenvalue weighted by molar-refractivity contribution is 5.81. The quantitative estimate of drug-likeness (QED) is 0.113. The van der Waals surface area contributed by atoms with Crippen molar-refractivity contribution in [2.24, 2.45) is 0 Å². The van der Waals surface area contributed by atoms with E-state index in [1.54, 1.807) is 0 Å². The third-order valence-corrected chi connectivity index (χ3v) is 11.3. The second-order valence-corrected chi connectivity index (χ2v) is 15.5. The molecule has 0 heterocycles. The molecule has 0 spiro atoms. The van der Waals surface area contributed by atoms with Crippen molar-refractivity contribution in [1.29, 1.82) is 0 Å². The molecule has 9 aromatic rings. The average molecular weight is 825 g/mol. The van der Waals surface area contributed by atoms with E-state index in [0.29, 0.717) is 0 Å². The molecule has 0 unspecified atom stereocenters. The monoisotopic (exact) mass is 824 g/mol. The topological polar surface area (TPSA) is 6.48 Å². The minimum atomic E-state index is 1.04. The molecule has 0 radical (unpaired) electrons. The molecular weight excluding hydrogens is 773 g/mol. The van der Waals surface area contributed by atoms with Gasteiger partial charge in [0.2, 0.25) is 0 Å². The van der Waals surface area contributed by atoms with Crippen molar-refractivity contribution in [2.75, 3.05) is 16.8 Å². The molecule has 0 saturated heterocycles. The summed E-state index contributed by atoms with van der Waals surface area (Å²) < 4.78 is 0. The number of hydrogen-bond donors (Lipinski definition) is 0. The molecule has 0 aliphatic carbocycles. The maximum Gasteiger partial charge on any atom is 0.0462 e. The van der Waals surface area contributed by atoms with Gasteiger partial charge in [-0.1, -0.05) is 213 Å². The van der Waals surface area contributed by atoms with E-state index in [0.717, 1.165) is 34.0 Å². The normalized spacial score (nSPS) is 10.9. The number of rotatable bonds is 12. The summed E-state index contributed by atoms with van der Waals surface area (Å²) in [6.07, 6.45) is 7.99. The van der Waals surface area contributed by atoms with Gasteiger partial charge < -0.3 is 9.80 Å². The van der Waals surface area contributed by atoms with Crippen LogP contribution < -0.4 is 9.80 Å². The zero-order valence-corrected chi connectivity index (χ0v) is 36.5. The van der Waals surface area contributed by atoms with Gasteiger partial charge in [-0.05, 0) is 123 Å². The van der Waals surface area contributed by atoms with E-state index >= 15 is 0 Å². The Labute approximate surface area is 379 Å². The van der Waals surface area contributed by atoms with E-state index in [-0.39, 0.29) is 0 Å². The van der Waals surface area contributed by atoms with Crippen LogP contribution in [0.3, 0.4) is 0 Å². The maximum atomic E-state index is 3.98. The second kappa shape index (κ2) is 21.1. The molecule has 0 atom stereocenters. The largest absolute Gasteiger partial charge is 0.345 e. The zero-order chi connectivity index (χ0) is 43.9. The predicted molar refractivity (Wildman–Crippen MR) is 277 cm³/mol. The summed E-state index contributed by atoms with van der Waals surface area (Å²) in [7, 11) is 2.12. The van der Waals surface area contributed by atoms with Crippen LogP contribution in [0.15, 0.2) is 274 Å². The molecule has 0 aromatic heterocycles. The minimum Gasteiger partial charge on any atom is -0.345 e. The maximum absolute atomic E-state index is 3.98. The molecule has 64 heavy (non-hydrogen) atoms. The Morgan fingerprint density at radius 1 is 0.328 bits per heavy atom. The summed E-state index contributed by atoms with van der Waals surface area (Å²) in [4.78, 5) is 4.56. The van der Waals surface area contributed by atoms with Gasteiger partial charge in [-0.2, -0.15) is 0 Å². The van der Waals surface area contributed by atoms with Crippen molar-refractivity contribution in [3.63, 3.8) is 0 Å². The molecule has 0 aliphatic rings. The molecule has 0 saturated carbocycles. The lowest BCUT2D eigenvalue weighted by atomic mass is 10.0.